The number of anilines is 1. The molecule has 4 nitrogen and oxygen atoms in total. The molecular weight excluding hydrogens is 252 g/mol. The molecular formula is C16H14N2O2. The summed E-state index contributed by atoms with van der Waals surface area (Å²) in [6.07, 6.45) is 5.41. The molecule has 100 valence electrons. The van der Waals surface area contributed by atoms with Gasteiger partial charge in [0.1, 0.15) is 0 Å². The number of hydrogen-bond donors (Lipinski definition) is 2. The van der Waals surface area contributed by atoms with Crippen LogP contribution < -0.4 is 5.43 Å². The summed E-state index contributed by atoms with van der Waals surface area (Å²) in [6.45, 7) is 0. The number of carboxylic acid groups (broad SMARTS) is 1. The first-order valence-corrected chi connectivity index (χ1v) is 6.10. The zero-order valence-corrected chi connectivity index (χ0v) is 10.7. The van der Waals surface area contributed by atoms with Gasteiger partial charge in [0.25, 0.3) is 0 Å². The van der Waals surface area contributed by atoms with Gasteiger partial charge in [-0.1, -0.05) is 36.4 Å². The second kappa shape index (κ2) is 6.89. The molecule has 0 saturated heterocycles. The number of benzene rings is 2. The van der Waals surface area contributed by atoms with E-state index in [4.69, 9.17) is 5.11 Å². The summed E-state index contributed by atoms with van der Waals surface area (Å²) in [6, 6.07) is 16.3. The van der Waals surface area contributed by atoms with Crippen molar-refractivity contribution >= 4 is 23.9 Å². The van der Waals surface area contributed by atoms with E-state index in [1.807, 2.05) is 42.5 Å². The number of carboxylic acids is 1. The molecule has 4 heteroatoms. The monoisotopic (exact) mass is 266 g/mol. The van der Waals surface area contributed by atoms with E-state index in [2.05, 4.69) is 10.5 Å². The van der Waals surface area contributed by atoms with Crippen molar-refractivity contribution in [2.24, 2.45) is 5.10 Å². The SMILES string of the molecule is O=C(O)c1ccc(N/N=C\C=C\c2ccccc2)cc1. The lowest BCUT2D eigenvalue weighted by atomic mass is 10.2. The van der Waals surface area contributed by atoms with E-state index in [0.717, 1.165) is 11.3 Å². The number of nitrogens with zero attached hydrogens (tertiary/aromatic N) is 1. The normalized spacial score (nSPS) is 11.0. The van der Waals surface area contributed by atoms with Crippen molar-refractivity contribution in [2.75, 3.05) is 5.43 Å². The van der Waals surface area contributed by atoms with Gasteiger partial charge in [0, 0.05) is 6.21 Å². The van der Waals surface area contributed by atoms with Crippen LogP contribution in [0.1, 0.15) is 15.9 Å². The van der Waals surface area contributed by atoms with Gasteiger partial charge in [-0.25, -0.2) is 4.79 Å². The van der Waals surface area contributed by atoms with Gasteiger partial charge in [-0.2, -0.15) is 5.10 Å². The van der Waals surface area contributed by atoms with E-state index in [9.17, 15) is 4.79 Å². The van der Waals surface area contributed by atoms with Gasteiger partial charge in [-0.15, -0.1) is 0 Å². The fourth-order valence-electron chi connectivity index (χ4n) is 1.56. The molecule has 2 aromatic rings. The van der Waals surface area contributed by atoms with Crippen LogP contribution in [0.5, 0.6) is 0 Å². The number of hydrazone groups is 1. The standard InChI is InChI=1S/C16H14N2O2/c19-16(20)14-8-10-15(11-9-14)18-17-12-4-7-13-5-2-1-3-6-13/h1-12,18H,(H,19,20)/b7-4+,17-12-. The number of nitrogens with one attached hydrogen (secondary N) is 1. The summed E-state index contributed by atoms with van der Waals surface area (Å²) in [7, 11) is 0. The van der Waals surface area contributed by atoms with Crippen LogP contribution >= 0.6 is 0 Å². The van der Waals surface area contributed by atoms with E-state index in [0.29, 0.717) is 0 Å². The highest BCUT2D eigenvalue weighted by molar-refractivity contribution is 5.88. The lowest BCUT2D eigenvalue weighted by Crippen LogP contribution is -1.96. The average molecular weight is 266 g/mol. The number of allylic oxidation sites excluding steroid dienone is 1. The minimum atomic E-state index is -0.939. The fraction of sp³-hybridized carbons (Fsp3) is 0. The van der Waals surface area contributed by atoms with E-state index < -0.39 is 5.97 Å². The largest absolute Gasteiger partial charge is 0.478 e. The van der Waals surface area contributed by atoms with Crippen LogP contribution in [0.25, 0.3) is 6.08 Å². The Morgan fingerprint density at radius 1 is 1.05 bits per heavy atom. The highest BCUT2D eigenvalue weighted by atomic mass is 16.4. The topological polar surface area (TPSA) is 61.7 Å². The van der Waals surface area contributed by atoms with Crippen molar-refractivity contribution in [1.29, 1.82) is 0 Å². The minimum absolute atomic E-state index is 0.253. The van der Waals surface area contributed by atoms with E-state index in [-0.39, 0.29) is 5.56 Å². The minimum Gasteiger partial charge on any atom is -0.478 e. The maximum Gasteiger partial charge on any atom is 0.335 e. The predicted octanol–water partition coefficient (Wildman–Crippen LogP) is 3.50. The molecule has 0 aliphatic heterocycles. The van der Waals surface area contributed by atoms with Crippen LogP contribution in [0.4, 0.5) is 5.69 Å². The Hall–Kier alpha value is -2.88. The lowest BCUT2D eigenvalue weighted by molar-refractivity contribution is 0.0697. The van der Waals surface area contributed by atoms with E-state index >= 15 is 0 Å². The van der Waals surface area contributed by atoms with Gasteiger partial charge in [0.05, 0.1) is 11.3 Å². The molecule has 0 radical (unpaired) electrons. The molecule has 0 aliphatic carbocycles. The molecule has 0 fully saturated rings. The zero-order chi connectivity index (χ0) is 14.2. The summed E-state index contributed by atoms with van der Waals surface area (Å²) in [5.41, 5.74) is 4.91. The highest BCUT2D eigenvalue weighted by Gasteiger charge is 2.00. The number of aromatic carboxylic acids is 1. The molecule has 0 atom stereocenters. The van der Waals surface area contributed by atoms with Crippen molar-refractivity contribution in [2.45, 2.75) is 0 Å². The summed E-state index contributed by atoms with van der Waals surface area (Å²) < 4.78 is 0. The molecule has 0 spiro atoms. The first-order valence-electron chi connectivity index (χ1n) is 6.10. The first-order chi connectivity index (χ1) is 9.75. The smallest absolute Gasteiger partial charge is 0.335 e. The van der Waals surface area contributed by atoms with Gasteiger partial charge in [0.15, 0.2) is 0 Å². The lowest BCUT2D eigenvalue weighted by Gasteiger charge is -1.99. The molecule has 0 aromatic heterocycles. The van der Waals surface area contributed by atoms with E-state index in [1.165, 1.54) is 12.1 Å². The molecule has 0 heterocycles. The Kier molecular flexibility index (Phi) is 4.67. The maximum atomic E-state index is 10.7. The summed E-state index contributed by atoms with van der Waals surface area (Å²) in [5.74, 6) is -0.939. The van der Waals surface area contributed by atoms with Crippen molar-refractivity contribution in [1.82, 2.24) is 0 Å². The van der Waals surface area contributed by atoms with Crippen LogP contribution in [-0.2, 0) is 0 Å². The quantitative estimate of drug-likeness (QED) is 0.643. The summed E-state index contributed by atoms with van der Waals surface area (Å²) in [4.78, 5) is 10.7. The third-order valence-electron chi connectivity index (χ3n) is 2.57. The van der Waals surface area contributed by atoms with Crippen LogP contribution in [-0.4, -0.2) is 17.3 Å². The second-order valence-corrected chi connectivity index (χ2v) is 4.04. The Morgan fingerprint density at radius 2 is 1.75 bits per heavy atom. The molecule has 2 aromatic carbocycles. The first kappa shape index (κ1) is 13.5. The summed E-state index contributed by atoms with van der Waals surface area (Å²) in [5, 5.41) is 12.8. The predicted molar refractivity (Wildman–Crippen MR) is 81.0 cm³/mol. The van der Waals surface area contributed by atoms with Crippen LogP contribution in [0.2, 0.25) is 0 Å². The molecule has 0 aliphatic rings. The molecule has 0 unspecified atom stereocenters. The highest BCUT2D eigenvalue weighted by Crippen LogP contribution is 2.09. The third-order valence-corrected chi connectivity index (χ3v) is 2.57. The Bertz CT molecular complexity index is 617. The molecule has 20 heavy (non-hydrogen) atoms. The third kappa shape index (κ3) is 4.10. The number of rotatable bonds is 5. The number of carbonyl (C=O) groups is 1. The van der Waals surface area contributed by atoms with Crippen LogP contribution in [0.3, 0.4) is 0 Å². The maximum absolute atomic E-state index is 10.7. The Balaban J connectivity index is 1.87. The Labute approximate surface area is 117 Å². The molecule has 2 rings (SSSR count). The van der Waals surface area contributed by atoms with Gasteiger partial charge in [-0.05, 0) is 35.9 Å². The second-order valence-electron chi connectivity index (χ2n) is 4.04. The molecule has 2 N–H and O–H groups in total. The van der Waals surface area contributed by atoms with Gasteiger partial charge in [0.2, 0.25) is 0 Å². The van der Waals surface area contributed by atoms with Crippen molar-refractivity contribution < 1.29 is 9.90 Å². The molecule has 0 amide bonds. The van der Waals surface area contributed by atoms with Crippen molar-refractivity contribution in [3.63, 3.8) is 0 Å². The van der Waals surface area contributed by atoms with Gasteiger partial charge >= 0.3 is 5.97 Å². The molecule has 0 saturated carbocycles. The Morgan fingerprint density at radius 3 is 2.40 bits per heavy atom. The average Bonchev–Trinajstić information content (AvgIpc) is 2.48. The van der Waals surface area contributed by atoms with Crippen LogP contribution in [0.15, 0.2) is 65.8 Å². The van der Waals surface area contributed by atoms with Crippen molar-refractivity contribution in [3.05, 3.63) is 71.8 Å². The van der Waals surface area contributed by atoms with E-state index in [1.54, 1.807) is 18.3 Å². The summed E-state index contributed by atoms with van der Waals surface area (Å²) >= 11 is 0. The molecule has 0 bridgehead atoms. The van der Waals surface area contributed by atoms with Crippen LogP contribution in [0, 0.1) is 0 Å². The fourth-order valence-corrected chi connectivity index (χ4v) is 1.56. The van der Waals surface area contributed by atoms with Gasteiger partial charge in [-0.3, -0.25) is 5.43 Å². The number of hydrogen-bond acceptors (Lipinski definition) is 3. The zero-order valence-electron chi connectivity index (χ0n) is 10.7. The van der Waals surface area contributed by atoms with Crippen molar-refractivity contribution in [3.8, 4) is 0 Å². The van der Waals surface area contributed by atoms with Gasteiger partial charge < -0.3 is 5.11 Å².